The number of carbonyl (C=O) groups excluding carboxylic acids is 2. The Balaban J connectivity index is 2.51. The molecule has 2 atom stereocenters. The van der Waals surface area contributed by atoms with Gasteiger partial charge in [0.25, 0.3) is 0 Å². The van der Waals surface area contributed by atoms with Gasteiger partial charge in [0, 0.05) is 12.8 Å². The summed E-state index contributed by atoms with van der Waals surface area (Å²) in [6, 6.07) is 0. The van der Waals surface area contributed by atoms with Crippen molar-refractivity contribution in [3.63, 3.8) is 0 Å². The first kappa shape index (κ1) is 15.2. The third-order valence-electron chi connectivity index (χ3n) is 3.31. The van der Waals surface area contributed by atoms with E-state index in [0.29, 0.717) is 19.3 Å². The maximum atomic E-state index is 12.1. The Hall–Kier alpha value is -0.860. The van der Waals surface area contributed by atoms with E-state index >= 15 is 0 Å². The minimum Gasteiger partial charge on any atom is -0.462 e. The summed E-state index contributed by atoms with van der Waals surface area (Å²) >= 11 is 0. The Bertz CT molecular complexity index is 301. The molecule has 0 spiro atoms. The van der Waals surface area contributed by atoms with Gasteiger partial charge in [0.1, 0.15) is 11.9 Å². The van der Waals surface area contributed by atoms with Crippen LogP contribution in [-0.4, -0.2) is 17.9 Å². The molecule has 0 saturated heterocycles. The van der Waals surface area contributed by atoms with Crippen molar-refractivity contribution in [3.8, 4) is 0 Å². The van der Waals surface area contributed by atoms with Crippen molar-refractivity contribution in [2.75, 3.05) is 0 Å². The second kappa shape index (κ2) is 6.35. The lowest BCUT2D eigenvalue weighted by atomic mass is 9.83. The Labute approximate surface area is 110 Å². The van der Waals surface area contributed by atoms with Crippen molar-refractivity contribution in [3.05, 3.63) is 0 Å². The van der Waals surface area contributed by atoms with Gasteiger partial charge in [-0.3, -0.25) is 9.59 Å². The summed E-state index contributed by atoms with van der Waals surface area (Å²) in [5, 5.41) is 0. The molecule has 0 aromatic heterocycles. The molecule has 1 aliphatic carbocycles. The predicted octanol–water partition coefficient (Wildman–Crippen LogP) is 3.50. The van der Waals surface area contributed by atoms with Gasteiger partial charge >= 0.3 is 5.97 Å². The molecule has 104 valence electrons. The summed E-state index contributed by atoms with van der Waals surface area (Å²) in [4.78, 5) is 23.3. The first-order chi connectivity index (χ1) is 8.31. The third-order valence-corrected chi connectivity index (χ3v) is 3.31. The Morgan fingerprint density at radius 1 is 1.44 bits per heavy atom. The molecule has 0 heterocycles. The molecule has 3 nitrogen and oxygen atoms in total. The average molecular weight is 254 g/mol. The first-order valence-corrected chi connectivity index (χ1v) is 7.04. The number of hydrogen-bond acceptors (Lipinski definition) is 3. The van der Waals surface area contributed by atoms with Crippen LogP contribution in [0.15, 0.2) is 0 Å². The van der Waals surface area contributed by atoms with E-state index in [1.807, 2.05) is 0 Å². The van der Waals surface area contributed by atoms with E-state index in [1.165, 1.54) is 0 Å². The summed E-state index contributed by atoms with van der Waals surface area (Å²) in [6.07, 6.45) is 4.23. The topological polar surface area (TPSA) is 43.4 Å². The maximum absolute atomic E-state index is 12.1. The molecule has 1 fully saturated rings. The molecule has 0 radical (unpaired) electrons. The van der Waals surface area contributed by atoms with Crippen molar-refractivity contribution in [1.29, 1.82) is 0 Å². The quantitative estimate of drug-likeness (QED) is 0.705. The highest BCUT2D eigenvalue weighted by Gasteiger charge is 2.30. The normalized spacial score (nSPS) is 22.0. The van der Waals surface area contributed by atoms with Crippen molar-refractivity contribution in [1.82, 2.24) is 0 Å². The summed E-state index contributed by atoms with van der Waals surface area (Å²) < 4.78 is 5.48. The largest absolute Gasteiger partial charge is 0.462 e. The number of hydrogen-bond donors (Lipinski definition) is 0. The number of esters is 1. The number of carbonyl (C=O) groups is 2. The molecule has 0 aromatic rings. The number of ether oxygens (including phenoxy) is 1. The van der Waals surface area contributed by atoms with Crippen LogP contribution in [0, 0.1) is 11.3 Å². The smallest absolute Gasteiger partial charge is 0.309 e. The van der Waals surface area contributed by atoms with E-state index in [1.54, 1.807) is 0 Å². The van der Waals surface area contributed by atoms with Crippen LogP contribution in [0.5, 0.6) is 0 Å². The van der Waals surface area contributed by atoms with Gasteiger partial charge in [0.2, 0.25) is 0 Å². The van der Waals surface area contributed by atoms with Crippen LogP contribution in [0.2, 0.25) is 0 Å². The van der Waals surface area contributed by atoms with Crippen LogP contribution < -0.4 is 0 Å². The molecule has 1 saturated carbocycles. The summed E-state index contributed by atoms with van der Waals surface area (Å²) in [6.45, 7) is 8.51. The van der Waals surface area contributed by atoms with Crippen LogP contribution in [0.1, 0.15) is 66.2 Å². The maximum Gasteiger partial charge on any atom is 0.309 e. The Morgan fingerprint density at radius 2 is 2.11 bits per heavy atom. The lowest BCUT2D eigenvalue weighted by molar-refractivity contribution is -0.155. The third kappa shape index (κ3) is 5.19. The van der Waals surface area contributed by atoms with E-state index in [9.17, 15) is 9.59 Å². The highest BCUT2D eigenvalue weighted by Crippen LogP contribution is 2.29. The van der Waals surface area contributed by atoms with E-state index in [-0.39, 0.29) is 29.2 Å². The fourth-order valence-electron chi connectivity index (χ4n) is 2.53. The first-order valence-electron chi connectivity index (χ1n) is 7.04. The van der Waals surface area contributed by atoms with Gasteiger partial charge in [-0.05, 0) is 24.7 Å². The number of ketones is 1. The molecule has 0 bridgehead atoms. The molecule has 0 aromatic carbocycles. The van der Waals surface area contributed by atoms with Crippen molar-refractivity contribution < 1.29 is 14.3 Å². The van der Waals surface area contributed by atoms with Gasteiger partial charge in [0.05, 0.1) is 5.92 Å². The molecule has 0 amide bonds. The van der Waals surface area contributed by atoms with Gasteiger partial charge in [-0.25, -0.2) is 0 Å². The van der Waals surface area contributed by atoms with Crippen molar-refractivity contribution in [2.45, 2.75) is 72.3 Å². The highest BCUT2D eigenvalue weighted by atomic mass is 16.5. The number of rotatable bonds is 5. The Morgan fingerprint density at radius 3 is 2.56 bits per heavy atom. The van der Waals surface area contributed by atoms with Gasteiger partial charge in [-0.1, -0.05) is 34.1 Å². The fraction of sp³-hybridized carbons (Fsp3) is 0.867. The van der Waals surface area contributed by atoms with Gasteiger partial charge in [-0.15, -0.1) is 0 Å². The van der Waals surface area contributed by atoms with E-state index in [2.05, 4.69) is 27.7 Å². The molecule has 18 heavy (non-hydrogen) atoms. The van der Waals surface area contributed by atoms with Gasteiger partial charge in [0.15, 0.2) is 0 Å². The summed E-state index contributed by atoms with van der Waals surface area (Å²) in [7, 11) is 0. The minimum absolute atomic E-state index is 0.0225. The fourth-order valence-corrected chi connectivity index (χ4v) is 2.53. The summed E-state index contributed by atoms with van der Waals surface area (Å²) in [5.74, 6) is 0.0906. The molecule has 0 N–H and O–H groups in total. The minimum atomic E-state index is -0.163. The second-order valence-electron chi connectivity index (χ2n) is 6.59. The lowest BCUT2D eigenvalue weighted by Gasteiger charge is -2.25. The molecule has 1 rings (SSSR count). The monoisotopic (exact) mass is 254 g/mol. The van der Waals surface area contributed by atoms with Crippen LogP contribution in [0.25, 0.3) is 0 Å². The molecule has 3 heteroatoms. The van der Waals surface area contributed by atoms with Crippen molar-refractivity contribution in [2.24, 2.45) is 11.3 Å². The van der Waals surface area contributed by atoms with Gasteiger partial charge < -0.3 is 4.74 Å². The van der Waals surface area contributed by atoms with Crippen LogP contribution >= 0.6 is 0 Å². The molecular weight excluding hydrogens is 228 g/mol. The Kier molecular flexibility index (Phi) is 5.36. The lowest BCUT2D eigenvalue weighted by Crippen LogP contribution is -2.26. The molecule has 0 aliphatic heterocycles. The average Bonchev–Trinajstić information content (AvgIpc) is 2.61. The highest BCUT2D eigenvalue weighted by molar-refractivity contribution is 5.82. The SMILES string of the molecule is CCCC(CC(C)(C)C)C(=O)OC1CCC(=O)C1. The number of Topliss-reactive ketones (excluding diaryl/α,β-unsaturated/α-hetero) is 1. The standard InChI is InChI=1S/C15H26O3/c1-5-6-11(10-15(2,3)4)14(17)18-13-8-7-12(16)9-13/h11,13H,5-10H2,1-4H3. The summed E-state index contributed by atoms with van der Waals surface area (Å²) in [5.41, 5.74) is 0.129. The molecule has 1 aliphatic rings. The van der Waals surface area contributed by atoms with Crippen LogP contribution in [-0.2, 0) is 14.3 Å². The van der Waals surface area contributed by atoms with Crippen LogP contribution in [0.4, 0.5) is 0 Å². The zero-order valence-electron chi connectivity index (χ0n) is 12.1. The van der Waals surface area contributed by atoms with Crippen LogP contribution in [0.3, 0.4) is 0 Å². The van der Waals surface area contributed by atoms with E-state index in [4.69, 9.17) is 4.74 Å². The zero-order valence-corrected chi connectivity index (χ0v) is 12.1. The molecule has 2 unspecified atom stereocenters. The van der Waals surface area contributed by atoms with E-state index in [0.717, 1.165) is 19.3 Å². The van der Waals surface area contributed by atoms with E-state index < -0.39 is 0 Å². The predicted molar refractivity (Wildman–Crippen MR) is 71.2 cm³/mol. The van der Waals surface area contributed by atoms with Crippen molar-refractivity contribution >= 4 is 11.8 Å². The molecular formula is C15H26O3. The second-order valence-corrected chi connectivity index (χ2v) is 6.59. The zero-order chi connectivity index (χ0) is 13.8. The van der Waals surface area contributed by atoms with Gasteiger partial charge in [-0.2, -0.15) is 0 Å².